The Morgan fingerprint density at radius 2 is 1.93 bits per heavy atom. The van der Waals surface area contributed by atoms with Gasteiger partial charge in [-0.3, -0.25) is 4.90 Å². The normalized spacial score (nSPS) is 19.0. The number of nitrogens with zero attached hydrogens (tertiary/aromatic N) is 3. The van der Waals surface area contributed by atoms with Crippen LogP contribution in [0.15, 0.2) is 6.20 Å². The summed E-state index contributed by atoms with van der Waals surface area (Å²) in [4.78, 5) is 6.81. The van der Waals surface area contributed by atoms with Crippen LogP contribution < -0.4 is 5.73 Å². The first kappa shape index (κ1) is 10.5. The second kappa shape index (κ2) is 4.66. The first-order chi connectivity index (χ1) is 7.25. The summed E-state index contributed by atoms with van der Waals surface area (Å²) in [5.74, 6) is 1.71. The van der Waals surface area contributed by atoms with E-state index in [1.54, 1.807) is 0 Å². The van der Waals surface area contributed by atoms with Gasteiger partial charge in [-0.2, -0.15) is 0 Å². The average Bonchev–Trinajstić information content (AvgIpc) is 2.44. The standard InChI is InChI=1S/C11H20N4/c1-14-8-10(12)13-11(14)9-15-6-4-2-3-5-7-15/h8H,2-7,9,12H2,1H3. The van der Waals surface area contributed by atoms with Crippen LogP contribution in [0.1, 0.15) is 31.5 Å². The number of aromatic nitrogens is 2. The van der Waals surface area contributed by atoms with Gasteiger partial charge >= 0.3 is 0 Å². The van der Waals surface area contributed by atoms with Gasteiger partial charge in [0.05, 0.1) is 6.54 Å². The van der Waals surface area contributed by atoms with Crippen molar-refractivity contribution in [2.45, 2.75) is 32.2 Å². The van der Waals surface area contributed by atoms with Gasteiger partial charge in [0.15, 0.2) is 0 Å². The van der Waals surface area contributed by atoms with E-state index in [2.05, 4.69) is 9.88 Å². The number of aryl methyl sites for hydroxylation is 1. The number of likely N-dealkylation sites (tertiary alicyclic amines) is 1. The Bertz CT molecular complexity index is 310. The van der Waals surface area contributed by atoms with Gasteiger partial charge in [-0.1, -0.05) is 12.8 Å². The van der Waals surface area contributed by atoms with E-state index in [0.717, 1.165) is 12.4 Å². The molecule has 0 bridgehead atoms. The van der Waals surface area contributed by atoms with E-state index in [-0.39, 0.29) is 0 Å². The van der Waals surface area contributed by atoms with E-state index >= 15 is 0 Å². The summed E-state index contributed by atoms with van der Waals surface area (Å²) in [6, 6.07) is 0. The molecule has 1 saturated heterocycles. The number of hydrogen-bond acceptors (Lipinski definition) is 3. The maximum Gasteiger partial charge on any atom is 0.141 e. The average molecular weight is 208 g/mol. The Morgan fingerprint density at radius 1 is 1.27 bits per heavy atom. The van der Waals surface area contributed by atoms with Crippen LogP contribution in [0.5, 0.6) is 0 Å². The number of rotatable bonds is 2. The van der Waals surface area contributed by atoms with E-state index < -0.39 is 0 Å². The number of anilines is 1. The van der Waals surface area contributed by atoms with Crippen LogP contribution in [0, 0.1) is 0 Å². The van der Waals surface area contributed by atoms with Gasteiger partial charge < -0.3 is 10.3 Å². The van der Waals surface area contributed by atoms with Crippen molar-refractivity contribution in [3.05, 3.63) is 12.0 Å². The Kier molecular flexibility index (Phi) is 3.26. The van der Waals surface area contributed by atoms with Gasteiger partial charge in [0.1, 0.15) is 11.6 Å². The molecule has 0 unspecified atom stereocenters. The van der Waals surface area contributed by atoms with Crippen molar-refractivity contribution in [3.8, 4) is 0 Å². The quantitative estimate of drug-likeness (QED) is 0.798. The van der Waals surface area contributed by atoms with Gasteiger partial charge in [0.25, 0.3) is 0 Å². The monoisotopic (exact) mass is 208 g/mol. The number of nitrogens with two attached hydrogens (primary N) is 1. The van der Waals surface area contributed by atoms with Crippen LogP contribution in [0.4, 0.5) is 5.82 Å². The van der Waals surface area contributed by atoms with Crippen LogP contribution >= 0.6 is 0 Å². The highest BCUT2D eigenvalue weighted by Gasteiger charge is 2.12. The lowest BCUT2D eigenvalue weighted by atomic mass is 10.2. The number of nitrogen functional groups attached to an aromatic ring is 1. The maximum absolute atomic E-state index is 5.66. The zero-order valence-corrected chi connectivity index (χ0v) is 9.45. The molecule has 0 saturated carbocycles. The minimum atomic E-state index is 0.627. The molecule has 4 nitrogen and oxygen atoms in total. The fourth-order valence-electron chi connectivity index (χ4n) is 2.17. The van der Waals surface area contributed by atoms with E-state index in [0.29, 0.717) is 5.82 Å². The predicted octanol–water partition coefficient (Wildman–Crippen LogP) is 1.38. The molecule has 2 rings (SSSR count). The molecule has 1 aliphatic rings. The molecule has 15 heavy (non-hydrogen) atoms. The van der Waals surface area contributed by atoms with Crippen molar-refractivity contribution in [1.29, 1.82) is 0 Å². The molecule has 0 aliphatic carbocycles. The third-order valence-electron chi connectivity index (χ3n) is 3.05. The summed E-state index contributed by atoms with van der Waals surface area (Å²) in [6.07, 6.45) is 7.27. The second-order valence-corrected chi connectivity index (χ2v) is 4.38. The van der Waals surface area contributed by atoms with Gasteiger partial charge in [-0.05, 0) is 25.9 Å². The fourth-order valence-corrected chi connectivity index (χ4v) is 2.17. The van der Waals surface area contributed by atoms with Gasteiger partial charge in [0, 0.05) is 13.2 Å². The van der Waals surface area contributed by atoms with Crippen molar-refractivity contribution >= 4 is 5.82 Å². The highest BCUT2D eigenvalue weighted by atomic mass is 15.2. The first-order valence-electron chi connectivity index (χ1n) is 5.76. The molecule has 0 atom stereocenters. The molecule has 1 fully saturated rings. The molecule has 1 aromatic rings. The minimum absolute atomic E-state index is 0.627. The van der Waals surface area contributed by atoms with Crippen LogP contribution in [-0.2, 0) is 13.6 Å². The van der Waals surface area contributed by atoms with Crippen LogP contribution in [0.2, 0.25) is 0 Å². The fraction of sp³-hybridized carbons (Fsp3) is 0.727. The lowest BCUT2D eigenvalue weighted by Crippen LogP contribution is -2.25. The van der Waals surface area contributed by atoms with Crippen molar-refractivity contribution < 1.29 is 0 Å². The Labute approximate surface area is 91.1 Å². The van der Waals surface area contributed by atoms with E-state index in [9.17, 15) is 0 Å². The highest BCUT2D eigenvalue weighted by molar-refractivity contribution is 5.25. The largest absolute Gasteiger partial charge is 0.382 e. The van der Waals surface area contributed by atoms with E-state index in [1.807, 2.05) is 17.8 Å². The summed E-state index contributed by atoms with van der Waals surface area (Å²) >= 11 is 0. The summed E-state index contributed by atoms with van der Waals surface area (Å²) in [5, 5.41) is 0. The maximum atomic E-state index is 5.66. The Hall–Kier alpha value is -1.03. The molecule has 2 heterocycles. The molecule has 1 aromatic heterocycles. The molecule has 0 spiro atoms. The van der Waals surface area contributed by atoms with Crippen molar-refractivity contribution in [2.24, 2.45) is 7.05 Å². The molecule has 0 aromatic carbocycles. The number of hydrogen-bond donors (Lipinski definition) is 1. The second-order valence-electron chi connectivity index (χ2n) is 4.38. The van der Waals surface area contributed by atoms with Crippen molar-refractivity contribution in [1.82, 2.24) is 14.5 Å². The topological polar surface area (TPSA) is 47.1 Å². The lowest BCUT2D eigenvalue weighted by molar-refractivity contribution is 0.267. The van der Waals surface area contributed by atoms with Gasteiger partial charge in [-0.25, -0.2) is 4.98 Å². The summed E-state index contributed by atoms with van der Waals surface area (Å²) in [5.41, 5.74) is 5.66. The van der Waals surface area contributed by atoms with Crippen LogP contribution in [0.25, 0.3) is 0 Å². The SMILES string of the molecule is Cn1cc(N)nc1CN1CCCCCC1. The molecular formula is C11H20N4. The van der Waals surface area contributed by atoms with Gasteiger partial charge in [-0.15, -0.1) is 0 Å². The molecule has 0 amide bonds. The first-order valence-corrected chi connectivity index (χ1v) is 5.76. The van der Waals surface area contributed by atoms with Crippen molar-refractivity contribution in [3.63, 3.8) is 0 Å². The van der Waals surface area contributed by atoms with E-state index in [1.165, 1.54) is 38.8 Å². The summed E-state index contributed by atoms with van der Waals surface area (Å²) in [7, 11) is 2.01. The molecule has 0 radical (unpaired) electrons. The van der Waals surface area contributed by atoms with Gasteiger partial charge in [0.2, 0.25) is 0 Å². The van der Waals surface area contributed by atoms with Crippen molar-refractivity contribution in [2.75, 3.05) is 18.8 Å². The van der Waals surface area contributed by atoms with E-state index in [4.69, 9.17) is 5.73 Å². The molecular weight excluding hydrogens is 188 g/mol. The summed E-state index contributed by atoms with van der Waals surface area (Å²) < 4.78 is 2.03. The smallest absolute Gasteiger partial charge is 0.141 e. The number of imidazole rings is 1. The molecule has 2 N–H and O–H groups in total. The molecule has 1 aliphatic heterocycles. The molecule has 4 heteroatoms. The highest BCUT2D eigenvalue weighted by Crippen LogP contribution is 2.13. The third-order valence-corrected chi connectivity index (χ3v) is 3.05. The molecule has 84 valence electrons. The lowest BCUT2D eigenvalue weighted by Gasteiger charge is -2.18. The Morgan fingerprint density at radius 3 is 2.47 bits per heavy atom. The third kappa shape index (κ3) is 2.72. The van der Waals surface area contributed by atoms with Crippen LogP contribution in [0.3, 0.4) is 0 Å². The summed E-state index contributed by atoms with van der Waals surface area (Å²) in [6.45, 7) is 3.34. The predicted molar refractivity (Wildman–Crippen MR) is 61.4 cm³/mol. The zero-order valence-electron chi connectivity index (χ0n) is 9.45. The Balaban J connectivity index is 1.97. The van der Waals surface area contributed by atoms with Crippen LogP contribution in [-0.4, -0.2) is 27.5 Å². The minimum Gasteiger partial charge on any atom is -0.382 e. The zero-order chi connectivity index (χ0) is 10.7.